The normalized spacial score (nSPS) is 10.4. The summed E-state index contributed by atoms with van der Waals surface area (Å²) in [6.45, 7) is 4.07. The van der Waals surface area contributed by atoms with Crippen LogP contribution in [0, 0.1) is 5.82 Å². The van der Waals surface area contributed by atoms with Gasteiger partial charge in [-0.1, -0.05) is 18.2 Å². The van der Waals surface area contributed by atoms with E-state index in [1.165, 1.54) is 23.5 Å². The van der Waals surface area contributed by atoms with Crippen molar-refractivity contribution in [2.45, 2.75) is 13.0 Å². The zero-order valence-corrected chi connectivity index (χ0v) is 16.7. The van der Waals surface area contributed by atoms with E-state index in [0.717, 1.165) is 6.07 Å². The van der Waals surface area contributed by atoms with Gasteiger partial charge in [-0.25, -0.2) is 9.37 Å². The predicted molar refractivity (Wildman–Crippen MR) is 104 cm³/mol. The molecule has 2 rings (SSSR count). The maximum Gasteiger partial charge on any atom is 0.274 e. The summed E-state index contributed by atoms with van der Waals surface area (Å²) in [4.78, 5) is 28.0. The van der Waals surface area contributed by atoms with Crippen LogP contribution in [0.3, 0.4) is 0 Å². The SMILES string of the molecule is C=C(CCNC(=O)COc1ccc(Cl)c(F)c1)NC(=O)c1csc(COC)n1. The summed E-state index contributed by atoms with van der Waals surface area (Å²) < 4.78 is 23.4. The molecule has 0 aliphatic carbocycles. The summed E-state index contributed by atoms with van der Waals surface area (Å²) >= 11 is 6.90. The van der Waals surface area contributed by atoms with Gasteiger partial charge in [0.05, 0.1) is 11.6 Å². The van der Waals surface area contributed by atoms with E-state index < -0.39 is 11.7 Å². The first-order valence-electron chi connectivity index (χ1n) is 8.16. The number of thiazole rings is 1. The van der Waals surface area contributed by atoms with Crippen molar-refractivity contribution in [3.8, 4) is 5.75 Å². The van der Waals surface area contributed by atoms with Crippen molar-refractivity contribution in [1.29, 1.82) is 0 Å². The Morgan fingerprint density at radius 2 is 2.18 bits per heavy atom. The lowest BCUT2D eigenvalue weighted by Crippen LogP contribution is -2.31. The van der Waals surface area contributed by atoms with Crippen molar-refractivity contribution in [1.82, 2.24) is 15.6 Å². The van der Waals surface area contributed by atoms with Gasteiger partial charge < -0.3 is 20.1 Å². The molecule has 1 aromatic carbocycles. The zero-order chi connectivity index (χ0) is 20.5. The lowest BCUT2D eigenvalue weighted by atomic mass is 10.3. The van der Waals surface area contributed by atoms with Gasteiger partial charge in [-0.15, -0.1) is 11.3 Å². The second-order valence-corrected chi connectivity index (χ2v) is 6.93. The van der Waals surface area contributed by atoms with E-state index in [-0.39, 0.29) is 35.5 Å². The number of methoxy groups -OCH3 is 1. The smallest absolute Gasteiger partial charge is 0.274 e. The van der Waals surface area contributed by atoms with Crippen LogP contribution in [-0.2, 0) is 16.1 Å². The fourth-order valence-electron chi connectivity index (χ4n) is 2.01. The molecule has 7 nitrogen and oxygen atoms in total. The molecule has 0 spiro atoms. The third-order valence-electron chi connectivity index (χ3n) is 3.35. The molecule has 28 heavy (non-hydrogen) atoms. The van der Waals surface area contributed by atoms with Crippen LogP contribution >= 0.6 is 22.9 Å². The number of carbonyl (C=O) groups is 2. The molecular formula is C18H19ClFN3O4S. The largest absolute Gasteiger partial charge is 0.484 e. The average Bonchev–Trinajstić information content (AvgIpc) is 3.12. The number of nitrogens with one attached hydrogen (secondary N) is 2. The minimum atomic E-state index is -0.624. The number of rotatable bonds is 10. The maximum absolute atomic E-state index is 13.3. The van der Waals surface area contributed by atoms with E-state index in [1.807, 2.05) is 0 Å². The van der Waals surface area contributed by atoms with Gasteiger partial charge in [0.1, 0.15) is 22.3 Å². The summed E-state index contributed by atoms with van der Waals surface area (Å²) in [7, 11) is 1.55. The monoisotopic (exact) mass is 427 g/mol. The van der Waals surface area contributed by atoms with Crippen LogP contribution in [0.1, 0.15) is 21.9 Å². The van der Waals surface area contributed by atoms with Crippen LogP contribution in [0.25, 0.3) is 0 Å². The van der Waals surface area contributed by atoms with Gasteiger partial charge in [-0.3, -0.25) is 9.59 Å². The number of nitrogens with zero attached hydrogens (tertiary/aromatic N) is 1. The van der Waals surface area contributed by atoms with E-state index >= 15 is 0 Å². The molecule has 2 aromatic rings. The summed E-state index contributed by atoms with van der Waals surface area (Å²) in [5.41, 5.74) is 0.720. The molecule has 0 bridgehead atoms. The fourth-order valence-corrected chi connectivity index (χ4v) is 2.87. The Morgan fingerprint density at radius 1 is 1.39 bits per heavy atom. The van der Waals surface area contributed by atoms with Crippen molar-refractivity contribution < 1.29 is 23.5 Å². The van der Waals surface area contributed by atoms with Crippen molar-refractivity contribution in [2.75, 3.05) is 20.3 Å². The number of hydrogen-bond acceptors (Lipinski definition) is 6. The van der Waals surface area contributed by atoms with Crippen molar-refractivity contribution in [2.24, 2.45) is 0 Å². The molecule has 1 heterocycles. The lowest BCUT2D eigenvalue weighted by molar-refractivity contribution is -0.123. The summed E-state index contributed by atoms with van der Waals surface area (Å²) in [5, 5.41) is 7.56. The number of aromatic nitrogens is 1. The van der Waals surface area contributed by atoms with Gasteiger partial charge >= 0.3 is 0 Å². The van der Waals surface area contributed by atoms with Gasteiger partial charge in [0, 0.05) is 37.2 Å². The van der Waals surface area contributed by atoms with Crippen molar-refractivity contribution in [3.05, 3.63) is 57.4 Å². The topological polar surface area (TPSA) is 89.6 Å². The number of carbonyl (C=O) groups excluding carboxylic acids is 2. The Hall–Kier alpha value is -2.49. The molecule has 0 radical (unpaired) electrons. The number of benzene rings is 1. The summed E-state index contributed by atoms with van der Waals surface area (Å²) in [5.74, 6) is -1.19. The Balaban J connectivity index is 1.67. The van der Waals surface area contributed by atoms with E-state index in [0.29, 0.717) is 23.7 Å². The number of ether oxygens (including phenoxy) is 2. The second-order valence-electron chi connectivity index (χ2n) is 5.58. The Kier molecular flexibility index (Phi) is 8.37. The first-order valence-corrected chi connectivity index (χ1v) is 9.42. The maximum atomic E-state index is 13.3. The van der Waals surface area contributed by atoms with Gasteiger partial charge in [0.15, 0.2) is 6.61 Å². The molecule has 2 N–H and O–H groups in total. The highest BCUT2D eigenvalue weighted by Gasteiger charge is 2.12. The van der Waals surface area contributed by atoms with Crippen LogP contribution in [0.15, 0.2) is 35.9 Å². The molecule has 2 amide bonds. The molecule has 0 saturated carbocycles. The van der Waals surface area contributed by atoms with Crippen LogP contribution in [0.2, 0.25) is 5.02 Å². The molecule has 0 saturated heterocycles. The minimum absolute atomic E-state index is 0.0232. The molecule has 0 aliphatic heterocycles. The Bertz CT molecular complexity index is 859. The standard InChI is InChI=1S/C18H19ClFN3O4S/c1-11(22-18(25)15-10-28-17(23-15)9-26-2)5-6-21-16(24)8-27-12-3-4-13(19)14(20)7-12/h3-4,7,10H,1,5-6,8-9H2,2H3,(H,21,24)(H,22,25). The molecule has 0 atom stereocenters. The predicted octanol–water partition coefficient (Wildman–Crippen LogP) is 2.91. The Morgan fingerprint density at radius 3 is 2.89 bits per heavy atom. The van der Waals surface area contributed by atoms with Gasteiger partial charge in [-0.05, 0) is 12.1 Å². The van der Waals surface area contributed by atoms with Gasteiger partial charge in [0.2, 0.25) is 0 Å². The molecule has 150 valence electrons. The molecule has 0 aliphatic rings. The van der Waals surface area contributed by atoms with E-state index in [9.17, 15) is 14.0 Å². The van der Waals surface area contributed by atoms with E-state index in [4.69, 9.17) is 21.1 Å². The molecule has 0 unspecified atom stereocenters. The first kappa shape index (κ1) is 21.8. The molecule has 0 fully saturated rings. The lowest BCUT2D eigenvalue weighted by Gasteiger charge is -2.10. The summed E-state index contributed by atoms with van der Waals surface area (Å²) in [6, 6.07) is 3.91. The van der Waals surface area contributed by atoms with Gasteiger partial charge in [-0.2, -0.15) is 0 Å². The van der Waals surface area contributed by atoms with Gasteiger partial charge in [0.25, 0.3) is 11.8 Å². The second kappa shape index (κ2) is 10.7. The number of amides is 2. The fraction of sp³-hybridized carbons (Fsp3) is 0.278. The first-order chi connectivity index (χ1) is 13.4. The number of halogens is 2. The molecular weight excluding hydrogens is 409 g/mol. The minimum Gasteiger partial charge on any atom is -0.484 e. The highest BCUT2D eigenvalue weighted by Crippen LogP contribution is 2.20. The summed E-state index contributed by atoms with van der Waals surface area (Å²) in [6.07, 6.45) is 0.335. The van der Waals surface area contributed by atoms with Crippen LogP contribution < -0.4 is 15.4 Å². The highest BCUT2D eigenvalue weighted by atomic mass is 35.5. The quantitative estimate of drug-likeness (QED) is 0.608. The van der Waals surface area contributed by atoms with E-state index in [1.54, 1.807) is 12.5 Å². The highest BCUT2D eigenvalue weighted by molar-refractivity contribution is 7.09. The zero-order valence-electron chi connectivity index (χ0n) is 15.1. The van der Waals surface area contributed by atoms with Crippen LogP contribution in [0.4, 0.5) is 4.39 Å². The number of hydrogen-bond donors (Lipinski definition) is 2. The Labute approximate surface area is 170 Å². The molecule has 1 aromatic heterocycles. The molecule has 10 heteroatoms. The van der Waals surface area contributed by atoms with Crippen LogP contribution in [0.5, 0.6) is 5.75 Å². The van der Waals surface area contributed by atoms with Crippen molar-refractivity contribution in [3.63, 3.8) is 0 Å². The average molecular weight is 428 g/mol. The van der Waals surface area contributed by atoms with Crippen LogP contribution in [-0.4, -0.2) is 37.1 Å². The van der Waals surface area contributed by atoms with Crippen molar-refractivity contribution >= 4 is 34.8 Å². The third-order valence-corrected chi connectivity index (χ3v) is 4.48. The van der Waals surface area contributed by atoms with E-state index in [2.05, 4.69) is 22.2 Å². The third kappa shape index (κ3) is 6.91.